The van der Waals surface area contributed by atoms with Gasteiger partial charge in [0.1, 0.15) is 35.1 Å². The summed E-state index contributed by atoms with van der Waals surface area (Å²) in [4.78, 5) is 61.5. The SMILES string of the molecule is COc1cnc(O[C@@H]2C[C@@H](C(=O)N[C@]3(C(=O)NS(=O)(=O)C4CC4)C[C@H]3I)N(C(=O)C(Nc3cccc(C(=O)OC(C)(C)C)c3)C(C)(C)C)C2)c2cc(Cl)ccc12. The van der Waals surface area contributed by atoms with E-state index in [2.05, 4.69) is 20.3 Å². The molecule has 1 aliphatic heterocycles. The molecular formula is C39H47ClIN5O9S. The number of esters is 1. The van der Waals surface area contributed by atoms with Crippen LogP contribution in [0.4, 0.5) is 5.69 Å². The van der Waals surface area contributed by atoms with E-state index in [4.69, 9.17) is 25.8 Å². The predicted octanol–water partition coefficient (Wildman–Crippen LogP) is 5.40. The molecule has 3 N–H and O–H groups in total. The summed E-state index contributed by atoms with van der Waals surface area (Å²) in [5.74, 6) is -1.65. The van der Waals surface area contributed by atoms with Gasteiger partial charge in [0.2, 0.25) is 27.7 Å². The molecule has 0 bridgehead atoms. The van der Waals surface area contributed by atoms with Gasteiger partial charge in [0.15, 0.2) is 0 Å². The molecule has 1 aromatic heterocycles. The number of nitrogens with zero attached hydrogens (tertiary/aromatic N) is 2. The topological polar surface area (TPSA) is 182 Å². The molecule has 2 heterocycles. The van der Waals surface area contributed by atoms with E-state index < -0.39 is 73.7 Å². The van der Waals surface area contributed by atoms with Crippen molar-refractivity contribution < 1.29 is 41.8 Å². The summed E-state index contributed by atoms with van der Waals surface area (Å²) >= 11 is 8.38. The zero-order valence-electron chi connectivity index (χ0n) is 32.3. The molecule has 302 valence electrons. The van der Waals surface area contributed by atoms with Crippen molar-refractivity contribution in [1.82, 2.24) is 19.9 Å². The highest BCUT2D eigenvalue weighted by molar-refractivity contribution is 14.1. The Bertz CT molecular complexity index is 2170. The highest BCUT2D eigenvalue weighted by atomic mass is 127. The molecule has 56 heavy (non-hydrogen) atoms. The van der Waals surface area contributed by atoms with Crippen LogP contribution in [0.25, 0.3) is 10.8 Å². The molecule has 0 radical (unpaired) electrons. The number of likely N-dealkylation sites (tertiary alicyclic amines) is 1. The molecule has 2 saturated carbocycles. The number of halogens is 2. The summed E-state index contributed by atoms with van der Waals surface area (Å²) in [7, 11) is -2.35. The first-order chi connectivity index (χ1) is 26.1. The van der Waals surface area contributed by atoms with Crippen molar-refractivity contribution in [2.45, 2.75) is 106 Å². The fraction of sp³-hybridized carbons (Fsp3) is 0.513. The maximum Gasteiger partial charge on any atom is 0.338 e. The molecule has 17 heteroatoms. The first-order valence-electron chi connectivity index (χ1n) is 18.3. The molecule has 14 nitrogen and oxygen atoms in total. The minimum atomic E-state index is -3.88. The van der Waals surface area contributed by atoms with Crippen molar-refractivity contribution >= 4 is 84.4 Å². The molecule has 0 spiro atoms. The van der Waals surface area contributed by atoms with Gasteiger partial charge in [-0.25, -0.2) is 18.2 Å². The van der Waals surface area contributed by atoms with Crippen LogP contribution >= 0.6 is 34.2 Å². The van der Waals surface area contributed by atoms with Gasteiger partial charge in [-0.05, 0) is 81.8 Å². The van der Waals surface area contributed by atoms with Crippen LogP contribution in [-0.4, -0.2) is 94.1 Å². The molecule has 2 aromatic carbocycles. The Morgan fingerprint density at radius 3 is 2.34 bits per heavy atom. The summed E-state index contributed by atoms with van der Waals surface area (Å²) < 4.78 is 44.7. The number of anilines is 1. The molecule has 3 aliphatic rings. The number of hydrogen-bond donors (Lipinski definition) is 3. The number of hydrogen-bond acceptors (Lipinski definition) is 11. The third kappa shape index (κ3) is 9.12. The third-order valence-electron chi connectivity index (χ3n) is 9.87. The molecule has 5 atom stereocenters. The second kappa shape index (κ2) is 15.5. The number of nitrogens with one attached hydrogen (secondary N) is 3. The highest BCUT2D eigenvalue weighted by Gasteiger charge is 2.62. The average molecular weight is 924 g/mol. The van der Waals surface area contributed by atoms with Gasteiger partial charge in [-0.15, -0.1) is 0 Å². The van der Waals surface area contributed by atoms with Crippen LogP contribution in [0, 0.1) is 5.41 Å². The lowest BCUT2D eigenvalue weighted by Crippen LogP contribution is -2.58. The van der Waals surface area contributed by atoms with E-state index in [0.717, 1.165) is 0 Å². The van der Waals surface area contributed by atoms with Gasteiger partial charge in [0, 0.05) is 31.8 Å². The van der Waals surface area contributed by atoms with E-state index in [1.165, 1.54) is 18.2 Å². The zero-order valence-corrected chi connectivity index (χ0v) is 36.0. The second-order valence-electron chi connectivity index (χ2n) is 16.6. The van der Waals surface area contributed by atoms with Gasteiger partial charge < -0.3 is 29.7 Å². The minimum absolute atomic E-state index is 0.0260. The van der Waals surface area contributed by atoms with Crippen molar-refractivity contribution in [3.8, 4) is 11.6 Å². The van der Waals surface area contributed by atoms with Crippen LogP contribution in [0.15, 0.2) is 48.7 Å². The van der Waals surface area contributed by atoms with Gasteiger partial charge in [-0.2, -0.15) is 0 Å². The number of aromatic nitrogens is 1. The van der Waals surface area contributed by atoms with E-state index in [1.54, 1.807) is 63.2 Å². The number of amides is 3. The molecule has 2 aliphatic carbocycles. The summed E-state index contributed by atoms with van der Waals surface area (Å²) in [5, 5.41) is 7.22. The fourth-order valence-electron chi connectivity index (χ4n) is 6.64. The highest BCUT2D eigenvalue weighted by Crippen LogP contribution is 2.45. The summed E-state index contributed by atoms with van der Waals surface area (Å²) in [6.07, 6.45) is 1.97. The largest absolute Gasteiger partial charge is 0.494 e. The number of rotatable bonds is 12. The lowest BCUT2D eigenvalue weighted by Gasteiger charge is -2.36. The minimum Gasteiger partial charge on any atom is -0.494 e. The van der Waals surface area contributed by atoms with Crippen molar-refractivity contribution in [3.63, 3.8) is 0 Å². The van der Waals surface area contributed by atoms with Crippen molar-refractivity contribution in [1.29, 1.82) is 0 Å². The van der Waals surface area contributed by atoms with Gasteiger partial charge >= 0.3 is 5.97 Å². The standard InChI is InChI=1S/C39H47ClIN5O9S/c1-37(2,3)31(43-23-10-8-9-21(15-23)35(49)55-38(4,5)6)34(48)46-20-24(54-33-27-16-22(40)11-14-26(27)29(53-7)19-42-33)17-28(46)32(47)44-39(18-30(39)41)36(50)45-56(51,52)25-12-13-25/h8-11,14-16,19,24-25,28,30-31,43H,12-13,17-18,20H2,1-7H3,(H,44,47)(H,45,50)/t24-,28+,30-,31?,39-/m1/s1. The number of ether oxygens (including phenoxy) is 3. The van der Waals surface area contributed by atoms with E-state index in [9.17, 15) is 27.6 Å². The normalized spacial score (nSPS) is 22.9. The number of sulfonamides is 1. The Kier molecular flexibility index (Phi) is 11.5. The summed E-state index contributed by atoms with van der Waals surface area (Å²) in [5.41, 5.74) is -2.12. The Labute approximate surface area is 345 Å². The smallest absolute Gasteiger partial charge is 0.338 e. The summed E-state index contributed by atoms with van der Waals surface area (Å²) in [6, 6.07) is 9.82. The monoisotopic (exact) mass is 923 g/mol. The van der Waals surface area contributed by atoms with Crippen LogP contribution in [0.3, 0.4) is 0 Å². The fourth-order valence-corrected chi connectivity index (χ4v) is 9.31. The molecule has 3 fully saturated rings. The third-order valence-corrected chi connectivity index (χ3v) is 13.4. The van der Waals surface area contributed by atoms with E-state index in [-0.39, 0.29) is 29.2 Å². The molecule has 1 saturated heterocycles. The second-order valence-corrected chi connectivity index (χ2v) is 20.5. The molecule has 1 unspecified atom stereocenters. The van der Waals surface area contributed by atoms with Gasteiger partial charge in [0.25, 0.3) is 5.91 Å². The van der Waals surface area contributed by atoms with Crippen LogP contribution in [0.5, 0.6) is 11.6 Å². The number of benzene rings is 2. The quantitative estimate of drug-likeness (QED) is 0.120. The first kappa shape index (κ1) is 41.7. The van der Waals surface area contributed by atoms with Gasteiger partial charge in [-0.3, -0.25) is 19.1 Å². The summed E-state index contributed by atoms with van der Waals surface area (Å²) in [6.45, 7) is 10.9. The van der Waals surface area contributed by atoms with Gasteiger partial charge in [-0.1, -0.05) is 61.0 Å². The number of alkyl halides is 1. The number of pyridine rings is 1. The number of carbonyl (C=O) groups is 4. The van der Waals surface area contributed by atoms with E-state index in [1.807, 2.05) is 43.4 Å². The molecule has 3 aromatic rings. The number of methoxy groups -OCH3 is 1. The van der Waals surface area contributed by atoms with Crippen LogP contribution in [0.2, 0.25) is 5.02 Å². The molecule has 6 rings (SSSR count). The maximum atomic E-state index is 14.8. The first-order valence-corrected chi connectivity index (χ1v) is 21.5. The van der Waals surface area contributed by atoms with Crippen molar-refractivity contribution in [3.05, 3.63) is 59.2 Å². The van der Waals surface area contributed by atoms with E-state index in [0.29, 0.717) is 45.6 Å². The van der Waals surface area contributed by atoms with Crippen LogP contribution in [-0.2, 0) is 29.1 Å². The van der Waals surface area contributed by atoms with Crippen molar-refractivity contribution in [2.75, 3.05) is 19.0 Å². The Hall–Kier alpha value is -3.90. The number of fused-ring (bicyclic) bond motifs is 1. The lowest BCUT2D eigenvalue weighted by atomic mass is 9.85. The molecule has 3 amide bonds. The Balaban J connectivity index is 1.31. The molecular weight excluding hydrogens is 877 g/mol. The van der Waals surface area contributed by atoms with E-state index >= 15 is 0 Å². The van der Waals surface area contributed by atoms with Crippen LogP contribution < -0.4 is 24.8 Å². The number of carbonyl (C=O) groups excluding carboxylic acids is 4. The van der Waals surface area contributed by atoms with Crippen molar-refractivity contribution in [2.24, 2.45) is 5.41 Å². The Morgan fingerprint density at radius 1 is 1.04 bits per heavy atom. The lowest BCUT2D eigenvalue weighted by molar-refractivity contribution is -0.141. The average Bonchev–Trinajstić information content (AvgIpc) is 4.03. The Morgan fingerprint density at radius 2 is 1.73 bits per heavy atom. The maximum absolute atomic E-state index is 14.8. The predicted molar refractivity (Wildman–Crippen MR) is 220 cm³/mol. The van der Waals surface area contributed by atoms with Gasteiger partial charge in [0.05, 0.1) is 30.7 Å². The van der Waals surface area contributed by atoms with Crippen LogP contribution in [0.1, 0.15) is 77.6 Å². The zero-order chi connectivity index (χ0) is 41.0.